The fraction of sp³-hybridized carbons (Fsp3) is 0.0750. The van der Waals surface area contributed by atoms with Crippen LogP contribution in [0.4, 0.5) is 0 Å². The van der Waals surface area contributed by atoms with Gasteiger partial charge in [0.2, 0.25) is 11.8 Å². The first-order valence-corrected chi connectivity index (χ1v) is 15.4. The number of aromatic amines is 1. The molecule has 0 fully saturated rings. The van der Waals surface area contributed by atoms with Crippen molar-refractivity contribution in [3.05, 3.63) is 119 Å². The second-order valence-electron chi connectivity index (χ2n) is 11.3. The van der Waals surface area contributed by atoms with Gasteiger partial charge in [-0.15, -0.1) is 0 Å². The molecule has 3 aliphatic rings. The summed E-state index contributed by atoms with van der Waals surface area (Å²) >= 11 is 0. The summed E-state index contributed by atoms with van der Waals surface area (Å²) in [6.07, 6.45) is 11.7. The van der Waals surface area contributed by atoms with Crippen molar-refractivity contribution in [2.75, 3.05) is 21.3 Å². The topological polar surface area (TPSA) is 95.3 Å². The van der Waals surface area contributed by atoms with Gasteiger partial charge in [-0.2, -0.15) is 0 Å². The van der Waals surface area contributed by atoms with Crippen LogP contribution in [0.15, 0.2) is 89.3 Å². The number of H-pyrrole nitrogens is 1. The standard InChI is InChI=1S/C40H30N4O4/c1-45-27-10-4-24(5-11-27)38-30-16-18-32(41-30)39(25-6-12-28(46-2)13-7-25)34-20-22-36(43-34)48-37-23-21-35(44-37)40(33-19-17-31(38)42-33)26-8-14-29(47-3)15-9-26/h4-23,41H,1-3H3. The highest BCUT2D eigenvalue weighted by atomic mass is 16.5. The van der Waals surface area contributed by atoms with Gasteiger partial charge in [-0.1, -0.05) is 36.4 Å². The van der Waals surface area contributed by atoms with Crippen LogP contribution in [-0.4, -0.2) is 41.3 Å². The molecule has 3 aromatic carbocycles. The lowest BCUT2D eigenvalue weighted by Crippen LogP contribution is -1.91. The number of nitrogens with zero attached hydrogens (tertiary/aromatic N) is 3. The molecule has 0 saturated heterocycles. The van der Waals surface area contributed by atoms with E-state index in [0.29, 0.717) is 11.8 Å². The molecular formula is C40H30N4O4. The van der Waals surface area contributed by atoms with E-state index >= 15 is 0 Å². The maximum Gasteiger partial charge on any atom is 0.221 e. The maximum atomic E-state index is 6.21. The molecule has 0 saturated carbocycles. The Morgan fingerprint density at radius 1 is 0.417 bits per heavy atom. The minimum atomic E-state index is 0.443. The van der Waals surface area contributed by atoms with E-state index in [2.05, 4.69) is 35.3 Å². The van der Waals surface area contributed by atoms with Crippen LogP contribution >= 0.6 is 0 Å². The Hall–Kier alpha value is -6.41. The predicted molar refractivity (Wildman–Crippen MR) is 191 cm³/mol. The molecule has 0 unspecified atom stereocenters. The fourth-order valence-corrected chi connectivity index (χ4v) is 6.10. The number of aromatic nitrogens is 4. The fourth-order valence-electron chi connectivity index (χ4n) is 6.10. The summed E-state index contributed by atoms with van der Waals surface area (Å²) in [5.74, 6) is 3.21. The van der Waals surface area contributed by atoms with E-state index in [1.54, 1.807) is 21.3 Å². The van der Waals surface area contributed by atoms with E-state index in [9.17, 15) is 0 Å². The number of fused-ring (bicyclic) bond motifs is 8. The Kier molecular flexibility index (Phi) is 7.30. The molecule has 0 radical (unpaired) electrons. The number of benzene rings is 3. The summed E-state index contributed by atoms with van der Waals surface area (Å²) in [6, 6.07) is 28.1. The van der Waals surface area contributed by atoms with Crippen LogP contribution in [0.1, 0.15) is 34.6 Å². The van der Waals surface area contributed by atoms with E-state index in [-0.39, 0.29) is 0 Å². The van der Waals surface area contributed by atoms with E-state index < -0.39 is 0 Å². The van der Waals surface area contributed by atoms with Gasteiger partial charge in [0.05, 0.1) is 44.1 Å². The third kappa shape index (κ3) is 5.29. The number of ether oxygens (including phenoxy) is 3. The van der Waals surface area contributed by atoms with Crippen molar-refractivity contribution in [1.82, 2.24) is 19.9 Å². The van der Waals surface area contributed by atoms with Gasteiger partial charge >= 0.3 is 0 Å². The highest BCUT2D eigenvalue weighted by Crippen LogP contribution is 2.37. The third-order valence-corrected chi connectivity index (χ3v) is 8.46. The van der Waals surface area contributed by atoms with Crippen LogP contribution in [0, 0.1) is 0 Å². The normalized spacial score (nSPS) is 12.2. The van der Waals surface area contributed by atoms with Crippen LogP contribution in [0.5, 0.6) is 17.2 Å². The van der Waals surface area contributed by atoms with Crippen LogP contribution in [0.3, 0.4) is 0 Å². The first-order chi connectivity index (χ1) is 23.6. The number of hydrogen-bond donors (Lipinski definition) is 1. The molecule has 5 aromatic rings. The molecule has 8 rings (SSSR count). The smallest absolute Gasteiger partial charge is 0.221 e. The molecule has 3 aliphatic heterocycles. The van der Waals surface area contributed by atoms with Crippen molar-refractivity contribution < 1.29 is 18.6 Å². The molecule has 0 spiro atoms. The van der Waals surface area contributed by atoms with Gasteiger partial charge in [-0.05, 0) is 89.5 Å². The highest BCUT2D eigenvalue weighted by molar-refractivity contribution is 5.96. The minimum Gasteiger partial charge on any atom is -0.497 e. The van der Waals surface area contributed by atoms with Crippen LogP contribution in [-0.2, 0) is 0 Å². The summed E-state index contributed by atoms with van der Waals surface area (Å²) < 4.78 is 22.6. The van der Waals surface area contributed by atoms with Crippen LogP contribution < -0.4 is 14.2 Å². The minimum absolute atomic E-state index is 0.443. The molecular weight excluding hydrogens is 600 g/mol. The molecule has 2 aromatic heterocycles. The SMILES string of the molecule is COc1ccc(-c2c3nc(oc4nc(c(-c5ccc(OC)cc5)c5ccc([nH]5)c(-c5ccc(OC)cc5)c5nc2C=C5)C=C4)C=C3)cc1. The molecule has 0 amide bonds. The quantitative estimate of drug-likeness (QED) is 0.196. The van der Waals surface area contributed by atoms with Crippen molar-refractivity contribution in [1.29, 1.82) is 0 Å². The maximum absolute atomic E-state index is 6.21. The van der Waals surface area contributed by atoms with Gasteiger partial charge in [-0.3, -0.25) is 0 Å². The van der Waals surface area contributed by atoms with E-state index in [1.165, 1.54) is 0 Å². The zero-order valence-corrected chi connectivity index (χ0v) is 26.5. The third-order valence-electron chi connectivity index (χ3n) is 8.46. The van der Waals surface area contributed by atoms with Gasteiger partial charge in [-0.25, -0.2) is 15.0 Å². The lowest BCUT2D eigenvalue weighted by atomic mass is 10.0. The largest absolute Gasteiger partial charge is 0.497 e. The zero-order valence-electron chi connectivity index (χ0n) is 26.5. The summed E-state index contributed by atoms with van der Waals surface area (Å²) in [6.45, 7) is 0. The summed E-state index contributed by atoms with van der Waals surface area (Å²) in [5, 5.41) is 0. The van der Waals surface area contributed by atoms with Crippen LogP contribution in [0.25, 0.3) is 80.9 Å². The first kappa shape index (κ1) is 29.0. The van der Waals surface area contributed by atoms with Gasteiger partial charge in [0.15, 0.2) is 0 Å². The summed E-state index contributed by atoms with van der Waals surface area (Å²) in [4.78, 5) is 18.8. The van der Waals surface area contributed by atoms with Crippen molar-refractivity contribution in [2.45, 2.75) is 0 Å². The van der Waals surface area contributed by atoms with E-state index in [4.69, 9.17) is 33.6 Å². The van der Waals surface area contributed by atoms with Crippen molar-refractivity contribution in [2.24, 2.45) is 0 Å². The van der Waals surface area contributed by atoms with Gasteiger partial charge < -0.3 is 23.6 Å². The average Bonchev–Trinajstić information content (AvgIpc) is 3.97. The van der Waals surface area contributed by atoms with Crippen LogP contribution in [0.2, 0.25) is 0 Å². The zero-order chi connectivity index (χ0) is 32.6. The Balaban J connectivity index is 1.48. The second-order valence-corrected chi connectivity index (χ2v) is 11.3. The van der Waals surface area contributed by atoms with Crippen molar-refractivity contribution in [3.63, 3.8) is 0 Å². The summed E-state index contributed by atoms with van der Waals surface area (Å²) in [5.41, 5.74) is 10.5. The molecule has 8 nitrogen and oxygen atoms in total. The molecule has 0 aliphatic carbocycles. The molecule has 8 bridgehead atoms. The van der Waals surface area contributed by atoms with Gasteiger partial charge in [0.1, 0.15) is 17.2 Å². The monoisotopic (exact) mass is 630 g/mol. The molecule has 1 N–H and O–H groups in total. The van der Waals surface area contributed by atoms with Crippen molar-refractivity contribution in [3.8, 4) is 50.6 Å². The highest BCUT2D eigenvalue weighted by Gasteiger charge is 2.19. The molecule has 48 heavy (non-hydrogen) atoms. The van der Waals surface area contributed by atoms with E-state index in [0.717, 1.165) is 84.4 Å². The molecule has 8 heteroatoms. The van der Waals surface area contributed by atoms with E-state index in [1.807, 2.05) is 91.0 Å². The number of methoxy groups -OCH3 is 3. The Bertz CT molecular complexity index is 2330. The number of rotatable bonds is 6. The molecule has 234 valence electrons. The Morgan fingerprint density at radius 3 is 1.21 bits per heavy atom. The Labute approximate surface area is 277 Å². The second kappa shape index (κ2) is 12.1. The lowest BCUT2D eigenvalue weighted by molar-refractivity contribution is 0.415. The average molecular weight is 631 g/mol. The number of nitrogens with one attached hydrogen (secondary N) is 1. The number of hydrogen-bond acceptors (Lipinski definition) is 7. The van der Waals surface area contributed by atoms with Gasteiger partial charge in [0.25, 0.3) is 0 Å². The molecule has 0 atom stereocenters. The van der Waals surface area contributed by atoms with Gasteiger partial charge in [0, 0.05) is 39.9 Å². The lowest BCUT2D eigenvalue weighted by Gasteiger charge is -2.07. The first-order valence-electron chi connectivity index (χ1n) is 15.4. The summed E-state index contributed by atoms with van der Waals surface area (Å²) in [7, 11) is 4.99. The van der Waals surface area contributed by atoms with Crippen molar-refractivity contribution >= 4 is 47.5 Å². The Morgan fingerprint density at radius 2 is 0.771 bits per heavy atom. The molecule has 5 heterocycles. The predicted octanol–water partition coefficient (Wildman–Crippen LogP) is 9.24.